The fourth-order valence-electron chi connectivity index (χ4n) is 1.65. The number of carbonyl (C=O) groups excluding carboxylic acids is 1. The van der Waals surface area contributed by atoms with Crippen molar-refractivity contribution in [1.82, 2.24) is 4.90 Å². The minimum atomic E-state index is -0.297. The monoisotopic (exact) mass is 332 g/mol. The van der Waals surface area contributed by atoms with Crippen LogP contribution in [0.4, 0.5) is 10.5 Å². The summed E-state index contributed by atoms with van der Waals surface area (Å²) < 4.78 is 0. The second-order valence-corrected chi connectivity index (χ2v) is 5.50. The van der Waals surface area contributed by atoms with Crippen LogP contribution in [0.5, 0.6) is 0 Å². The zero-order valence-corrected chi connectivity index (χ0v) is 13.3. The maximum atomic E-state index is 12.2. The summed E-state index contributed by atoms with van der Waals surface area (Å²) in [7, 11) is 0. The summed E-state index contributed by atoms with van der Waals surface area (Å²) in [6, 6.07) is 4.50. The highest BCUT2D eigenvalue weighted by molar-refractivity contribution is 6.42. The molecule has 0 aliphatic rings. The maximum Gasteiger partial charge on any atom is 0.322 e. The Morgan fingerprint density at radius 2 is 2.10 bits per heavy atom. The van der Waals surface area contributed by atoms with Crippen molar-refractivity contribution in [2.75, 3.05) is 11.9 Å². The van der Waals surface area contributed by atoms with Crippen LogP contribution in [0.3, 0.4) is 0 Å². The molecule has 1 aromatic rings. The van der Waals surface area contributed by atoms with Gasteiger partial charge in [0, 0.05) is 24.7 Å². The Kier molecular flexibility index (Phi) is 6.58. The normalized spacial score (nSPS) is 11.6. The van der Waals surface area contributed by atoms with Crippen LogP contribution in [-0.2, 0) is 0 Å². The average molecular weight is 333 g/mol. The third-order valence-electron chi connectivity index (χ3n) is 2.79. The molecule has 0 aliphatic heterocycles. The van der Waals surface area contributed by atoms with Crippen molar-refractivity contribution >= 4 is 40.8 Å². The van der Waals surface area contributed by atoms with Gasteiger partial charge in [0.05, 0.1) is 10.0 Å². The van der Waals surface area contributed by atoms with E-state index in [0.29, 0.717) is 22.3 Å². The molecule has 21 heavy (non-hydrogen) atoms. The number of oxime groups is 1. The van der Waals surface area contributed by atoms with Gasteiger partial charge in [-0.2, -0.15) is 0 Å². The molecule has 6 nitrogen and oxygen atoms in total. The first-order valence-corrected chi connectivity index (χ1v) is 7.09. The fraction of sp³-hybridized carbons (Fsp3) is 0.385. The van der Waals surface area contributed by atoms with E-state index in [-0.39, 0.29) is 24.3 Å². The molecule has 4 N–H and O–H groups in total. The van der Waals surface area contributed by atoms with Crippen LogP contribution >= 0.6 is 23.2 Å². The lowest BCUT2D eigenvalue weighted by Crippen LogP contribution is -2.41. The van der Waals surface area contributed by atoms with Crippen LogP contribution in [0.15, 0.2) is 23.4 Å². The number of nitrogens with zero attached hydrogens (tertiary/aromatic N) is 2. The molecular weight excluding hydrogens is 315 g/mol. The van der Waals surface area contributed by atoms with E-state index in [2.05, 4.69) is 10.5 Å². The number of hydrogen-bond acceptors (Lipinski definition) is 3. The van der Waals surface area contributed by atoms with Crippen molar-refractivity contribution in [3.8, 4) is 0 Å². The van der Waals surface area contributed by atoms with Gasteiger partial charge in [-0.3, -0.25) is 0 Å². The standard InChI is InChI=1S/C13H18Cl2N4O2/c1-8(2)19(6-5-12(16)18-21)13(20)17-9-3-4-10(14)11(15)7-9/h3-4,7-8,21H,5-6H2,1-2H3,(H2,16,18)(H,17,20). The average Bonchev–Trinajstić information content (AvgIpc) is 2.42. The Bertz CT molecular complexity index is 535. The number of carbonyl (C=O) groups is 1. The van der Waals surface area contributed by atoms with Crippen molar-refractivity contribution in [2.45, 2.75) is 26.3 Å². The summed E-state index contributed by atoms with van der Waals surface area (Å²) >= 11 is 11.7. The van der Waals surface area contributed by atoms with Crippen LogP contribution in [0, 0.1) is 0 Å². The maximum absolute atomic E-state index is 12.2. The number of hydrogen-bond donors (Lipinski definition) is 3. The van der Waals surface area contributed by atoms with Crippen LogP contribution in [0.25, 0.3) is 0 Å². The molecule has 0 saturated carbocycles. The number of amidine groups is 1. The summed E-state index contributed by atoms with van der Waals surface area (Å²) in [6.45, 7) is 4.09. The molecule has 1 rings (SSSR count). The van der Waals surface area contributed by atoms with E-state index in [1.807, 2.05) is 13.8 Å². The van der Waals surface area contributed by atoms with Crippen LogP contribution in [-0.4, -0.2) is 34.6 Å². The zero-order chi connectivity index (χ0) is 16.0. The molecule has 0 aliphatic carbocycles. The Labute approximate surface area is 133 Å². The zero-order valence-electron chi connectivity index (χ0n) is 11.8. The molecule has 0 aromatic heterocycles. The Morgan fingerprint density at radius 3 is 2.62 bits per heavy atom. The van der Waals surface area contributed by atoms with Gasteiger partial charge < -0.3 is 21.2 Å². The molecule has 0 spiro atoms. The van der Waals surface area contributed by atoms with E-state index < -0.39 is 0 Å². The highest BCUT2D eigenvalue weighted by atomic mass is 35.5. The molecule has 0 fully saturated rings. The summed E-state index contributed by atoms with van der Waals surface area (Å²) in [5.74, 6) is 0.0722. The lowest BCUT2D eigenvalue weighted by Gasteiger charge is -2.26. The number of nitrogens with two attached hydrogens (primary N) is 1. The fourth-order valence-corrected chi connectivity index (χ4v) is 1.95. The molecule has 116 valence electrons. The van der Waals surface area contributed by atoms with Gasteiger partial charge in [0.2, 0.25) is 0 Å². The van der Waals surface area contributed by atoms with E-state index in [4.69, 9.17) is 34.1 Å². The first kappa shape index (κ1) is 17.4. The highest BCUT2D eigenvalue weighted by Gasteiger charge is 2.17. The van der Waals surface area contributed by atoms with Crippen molar-refractivity contribution in [2.24, 2.45) is 10.9 Å². The summed E-state index contributed by atoms with van der Waals surface area (Å²) in [5, 5.41) is 14.9. The van der Waals surface area contributed by atoms with Gasteiger partial charge in [0.15, 0.2) is 0 Å². The first-order chi connectivity index (χ1) is 9.85. The molecular formula is C13H18Cl2N4O2. The number of rotatable bonds is 5. The quantitative estimate of drug-likeness (QED) is 0.334. The largest absolute Gasteiger partial charge is 0.409 e. The Balaban J connectivity index is 2.74. The van der Waals surface area contributed by atoms with E-state index in [9.17, 15) is 4.79 Å². The van der Waals surface area contributed by atoms with Crippen molar-refractivity contribution < 1.29 is 10.0 Å². The van der Waals surface area contributed by atoms with E-state index in [1.54, 1.807) is 23.1 Å². The third kappa shape index (κ3) is 5.32. The van der Waals surface area contributed by atoms with Gasteiger partial charge in [-0.15, -0.1) is 0 Å². The summed E-state index contributed by atoms with van der Waals surface area (Å²) in [5.41, 5.74) is 5.97. The first-order valence-electron chi connectivity index (χ1n) is 6.34. The van der Waals surface area contributed by atoms with Crippen LogP contribution in [0.1, 0.15) is 20.3 Å². The number of benzene rings is 1. The second-order valence-electron chi connectivity index (χ2n) is 4.69. The topological polar surface area (TPSA) is 90.9 Å². The lowest BCUT2D eigenvalue weighted by molar-refractivity contribution is 0.198. The molecule has 0 atom stereocenters. The molecule has 2 amide bonds. The molecule has 0 unspecified atom stereocenters. The van der Waals surface area contributed by atoms with Crippen molar-refractivity contribution in [3.05, 3.63) is 28.2 Å². The summed E-state index contributed by atoms with van der Waals surface area (Å²) in [6.07, 6.45) is 0.281. The van der Waals surface area contributed by atoms with Crippen LogP contribution < -0.4 is 11.1 Å². The highest BCUT2D eigenvalue weighted by Crippen LogP contribution is 2.25. The number of urea groups is 1. The molecule has 0 saturated heterocycles. The molecule has 8 heteroatoms. The smallest absolute Gasteiger partial charge is 0.322 e. The van der Waals surface area contributed by atoms with E-state index in [0.717, 1.165) is 0 Å². The molecule has 0 heterocycles. The van der Waals surface area contributed by atoms with Gasteiger partial charge >= 0.3 is 6.03 Å². The predicted molar refractivity (Wildman–Crippen MR) is 85.3 cm³/mol. The second kappa shape index (κ2) is 7.95. The SMILES string of the molecule is CC(C)N(CCC(N)=NO)C(=O)Nc1ccc(Cl)c(Cl)c1. The number of anilines is 1. The number of amides is 2. The molecule has 1 aromatic carbocycles. The minimum absolute atomic E-state index is 0.0423. The van der Waals surface area contributed by atoms with E-state index in [1.165, 1.54) is 0 Å². The van der Waals surface area contributed by atoms with Gasteiger partial charge in [-0.25, -0.2) is 4.79 Å². The lowest BCUT2D eigenvalue weighted by atomic mass is 10.3. The van der Waals surface area contributed by atoms with Crippen molar-refractivity contribution in [3.63, 3.8) is 0 Å². The summed E-state index contributed by atoms with van der Waals surface area (Å²) in [4.78, 5) is 13.8. The van der Waals surface area contributed by atoms with Gasteiger partial charge in [0.25, 0.3) is 0 Å². The van der Waals surface area contributed by atoms with E-state index >= 15 is 0 Å². The van der Waals surface area contributed by atoms with Gasteiger partial charge in [-0.05, 0) is 32.0 Å². The number of halogens is 2. The van der Waals surface area contributed by atoms with Gasteiger partial charge in [-0.1, -0.05) is 28.4 Å². The Hall–Kier alpha value is -1.66. The number of nitrogens with one attached hydrogen (secondary N) is 1. The predicted octanol–water partition coefficient (Wildman–Crippen LogP) is 3.37. The minimum Gasteiger partial charge on any atom is -0.409 e. The molecule has 0 radical (unpaired) electrons. The Morgan fingerprint density at radius 1 is 1.43 bits per heavy atom. The van der Waals surface area contributed by atoms with Gasteiger partial charge in [0.1, 0.15) is 5.84 Å². The van der Waals surface area contributed by atoms with Crippen molar-refractivity contribution in [1.29, 1.82) is 0 Å². The van der Waals surface area contributed by atoms with Crippen LogP contribution in [0.2, 0.25) is 10.0 Å². The third-order valence-corrected chi connectivity index (χ3v) is 3.53. The molecule has 0 bridgehead atoms.